The third-order valence-corrected chi connectivity index (χ3v) is 4.36. The first-order valence-electron chi connectivity index (χ1n) is 7.45. The normalized spacial score (nSPS) is 23.3. The molecule has 3 nitrogen and oxygen atoms in total. The van der Waals surface area contributed by atoms with E-state index in [2.05, 4.69) is 31.1 Å². The van der Waals surface area contributed by atoms with Gasteiger partial charge < -0.3 is 0 Å². The van der Waals surface area contributed by atoms with Crippen LogP contribution in [0.3, 0.4) is 0 Å². The van der Waals surface area contributed by atoms with E-state index >= 15 is 0 Å². The molecule has 0 bridgehead atoms. The van der Waals surface area contributed by atoms with Gasteiger partial charge in [-0.1, -0.05) is 26.0 Å². The van der Waals surface area contributed by atoms with Gasteiger partial charge in [0.15, 0.2) is 0 Å². The van der Waals surface area contributed by atoms with Crippen LogP contribution in [0.4, 0.5) is 8.78 Å². The summed E-state index contributed by atoms with van der Waals surface area (Å²) < 4.78 is 30.5. The molecule has 1 aromatic heterocycles. The summed E-state index contributed by atoms with van der Waals surface area (Å²) >= 11 is 0. The summed E-state index contributed by atoms with van der Waals surface area (Å²) in [5.74, 6) is -2.53. The SMILES string of the molecule is CC(C)n1nnc2c1C(F)(F)CCC(C(C)(C)C)CC2. The van der Waals surface area contributed by atoms with Crippen LogP contribution in [-0.2, 0) is 12.3 Å². The van der Waals surface area contributed by atoms with E-state index in [1.165, 1.54) is 4.68 Å². The maximum Gasteiger partial charge on any atom is 0.291 e. The third-order valence-electron chi connectivity index (χ3n) is 4.36. The molecule has 0 fully saturated rings. The zero-order valence-electron chi connectivity index (χ0n) is 13.1. The fourth-order valence-electron chi connectivity index (χ4n) is 3.03. The molecule has 1 heterocycles. The summed E-state index contributed by atoms with van der Waals surface area (Å²) in [6.07, 6.45) is 1.95. The molecule has 0 N–H and O–H groups in total. The molecule has 0 spiro atoms. The van der Waals surface area contributed by atoms with Gasteiger partial charge in [0, 0.05) is 12.5 Å². The lowest BCUT2D eigenvalue weighted by atomic mass is 9.73. The topological polar surface area (TPSA) is 30.7 Å². The highest BCUT2D eigenvalue weighted by atomic mass is 19.3. The molecule has 1 aromatic rings. The Morgan fingerprint density at radius 2 is 1.90 bits per heavy atom. The second-order valence-corrected chi connectivity index (χ2v) is 7.27. The molecule has 5 heteroatoms. The summed E-state index contributed by atoms with van der Waals surface area (Å²) in [6.45, 7) is 10.1. The van der Waals surface area contributed by atoms with Gasteiger partial charge in [-0.2, -0.15) is 8.78 Å². The van der Waals surface area contributed by atoms with E-state index in [1.54, 1.807) is 0 Å². The van der Waals surface area contributed by atoms with Crippen LogP contribution in [0, 0.1) is 11.3 Å². The Kier molecular flexibility index (Phi) is 3.91. The fraction of sp³-hybridized carbons (Fsp3) is 0.867. The molecule has 114 valence electrons. The summed E-state index contributed by atoms with van der Waals surface area (Å²) in [5.41, 5.74) is 0.583. The van der Waals surface area contributed by atoms with Crippen molar-refractivity contribution in [2.24, 2.45) is 11.3 Å². The van der Waals surface area contributed by atoms with Crippen LogP contribution in [0.1, 0.15) is 71.3 Å². The van der Waals surface area contributed by atoms with Gasteiger partial charge in [0.1, 0.15) is 5.69 Å². The zero-order valence-corrected chi connectivity index (χ0v) is 13.1. The van der Waals surface area contributed by atoms with Gasteiger partial charge >= 0.3 is 0 Å². The van der Waals surface area contributed by atoms with Crippen LogP contribution >= 0.6 is 0 Å². The Morgan fingerprint density at radius 3 is 2.45 bits per heavy atom. The van der Waals surface area contributed by atoms with E-state index in [0.717, 1.165) is 6.42 Å². The first-order chi connectivity index (χ1) is 9.13. The number of nitrogens with zero attached hydrogens (tertiary/aromatic N) is 3. The molecule has 0 aliphatic heterocycles. The Bertz CT molecular complexity index is 472. The van der Waals surface area contributed by atoms with Gasteiger partial charge in [0.05, 0.1) is 5.69 Å². The number of halogens is 2. The van der Waals surface area contributed by atoms with E-state index in [-0.39, 0.29) is 23.6 Å². The van der Waals surface area contributed by atoms with Gasteiger partial charge in [-0.05, 0) is 44.4 Å². The minimum Gasteiger partial charge on any atom is -0.240 e. The summed E-state index contributed by atoms with van der Waals surface area (Å²) in [7, 11) is 0. The summed E-state index contributed by atoms with van der Waals surface area (Å²) in [5, 5.41) is 7.97. The molecule has 0 aromatic carbocycles. The number of hydrogen-bond acceptors (Lipinski definition) is 2. The second-order valence-electron chi connectivity index (χ2n) is 7.27. The standard InChI is InChI=1S/C15H25F2N3/c1-10(2)20-13-12(18-19-20)7-6-11(14(3,4)5)8-9-15(13,16)17/h10-11H,6-9H2,1-5H3. The molecule has 0 radical (unpaired) electrons. The second kappa shape index (κ2) is 5.08. The highest BCUT2D eigenvalue weighted by Gasteiger charge is 2.42. The van der Waals surface area contributed by atoms with Gasteiger partial charge in [-0.15, -0.1) is 5.10 Å². The molecule has 1 aliphatic carbocycles. The van der Waals surface area contributed by atoms with Gasteiger partial charge in [-0.3, -0.25) is 0 Å². The van der Waals surface area contributed by atoms with Crippen molar-refractivity contribution in [1.82, 2.24) is 15.0 Å². The minimum absolute atomic E-state index is 0.0415. The van der Waals surface area contributed by atoms with Crippen molar-refractivity contribution in [3.05, 3.63) is 11.4 Å². The maximum absolute atomic E-state index is 14.6. The average molecular weight is 285 g/mol. The number of rotatable bonds is 1. The van der Waals surface area contributed by atoms with Crippen molar-refractivity contribution in [3.8, 4) is 0 Å². The van der Waals surface area contributed by atoms with Crippen molar-refractivity contribution < 1.29 is 8.78 Å². The van der Waals surface area contributed by atoms with Crippen LogP contribution in [0.25, 0.3) is 0 Å². The lowest BCUT2D eigenvalue weighted by molar-refractivity contribution is -0.0369. The third kappa shape index (κ3) is 2.86. The molecular weight excluding hydrogens is 260 g/mol. The lowest BCUT2D eigenvalue weighted by Crippen LogP contribution is -2.29. The predicted molar refractivity (Wildman–Crippen MR) is 74.8 cm³/mol. The van der Waals surface area contributed by atoms with Gasteiger partial charge in [0.2, 0.25) is 0 Å². The fourth-order valence-corrected chi connectivity index (χ4v) is 3.03. The van der Waals surface area contributed by atoms with E-state index in [0.29, 0.717) is 24.5 Å². The van der Waals surface area contributed by atoms with Crippen LogP contribution in [0.2, 0.25) is 0 Å². The zero-order chi connectivity index (χ0) is 15.1. The van der Waals surface area contributed by atoms with E-state index in [1.807, 2.05) is 13.8 Å². The first kappa shape index (κ1) is 15.4. The van der Waals surface area contributed by atoms with Gasteiger partial charge in [0.25, 0.3) is 5.92 Å². The minimum atomic E-state index is -2.83. The van der Waals surface area contributed by atoms with Crippen molar-refractivity contribution in [2.75, 3.05) is 0 Å². The Hall–Kier alpha value is -1.00. The predicted octanol–water partition coefficient (Wildman–Crippen LogP) is 4.34. The van der Waals surface area contributed by atoms with Crippen LogP contribution in [-0.4, -0.2) is 15.0 Å². The number of aryl methyl sites for hydroxylation is 1. The lowest BCUT2D eigenvalue weighted by Gasteiger charge is -2.34. The largest absolute Gasteiger partial charge is 0.291 e. The number of aromatic nitrogens is 3. The molecule has 20 heavy (non-hydrogen) atoms. The first-order valence-corrected chi connectivity index (χ1v) is 7.45. The number of alkyl halides is 2. The highest BCUT2D eigenvalue weighted by molar-refractivity contribution is 5.18. The molecule has 1 unspecified atom stereocenters. The number of fused-ring (bicyclic) bond motifs is 1. The molecule has 2 rings (SSSR count). The monoisotopic (exact) mass is 285 g/mol. The van der Waals surface area contributed by atoms with Crippen molar-refractivity contribution in [2.45, 2.75) is 72.3 Å². The quantitative estimate of drug-likeness (QED) is 0.768. The molecule has 1 aliphatic rings. The van der Waals surface area contributed by atoms with Gasteiger partial charge in [-0.25, -0.2) is 4.68 Å². The van der Waals surface area contributed by atoms with E-state index in [9.17, 15) is 8.78 Å². The van der Waals surface area contributed by atoms with Crippen LogP contribution < -0.4 is 0 Å². The molecule has 1 atom stereocenters. The molecule has 0 saturated carbocycles. The van der Waals surface area contributed by atoms with E-state index in [4.69, 9.17) is 0 Å². The van der Waals surface area contributed by atoms with Crippen molar-refractivity contribution >= 4 is 0 Å². The molecule has 0 saturated heterocycles. The number of hydrogen-bond donors (Lipinski definition) is 0. The maximum atomic E-state index is 14.6. The Balaban J connectivity index is 2.38. The smallest absolute Gasteiger partial charge is 0.240 e. The van der Waals surface area contributed by atoms with Crippen LogP contribution in [0.15, 0.2) is 0 Å². The Morgan fingerprint density at radius 1 is 1.25 bits per heavy atom. The molecular formula is C15H25F2N3. The van der Waals surface area contributed by atoms with Crippen molar-refractivity contribution in [1.29, 1.82) is 0 Å². The summed E-state index contributed by atoms with van der Waals surface area (Å²) in [6, 6.07) is -0.0880. The van der Waals surface area contributed by atoms with Crippen molar-refractivity contribution in [3.63, 3.8) is 0 Å². The summed E-state index contributed by atoms with van der Waals surface area (Å²) in [4.78, 5) is 0. The Labute approximate surface area is 119 Å². The highest BCUT2D eigenvalue weighted by Crippen LogP contribution is 2.43. The van der Waals surface area contributed by atoms with Crippen LogP contribution in [0.5, 0.6) is 0 Å². The molecule has 0 amide bonds. The average Bonchev–Trinajstić information content (AvgIpc) is 2.69. The van der Waals surface area contributed by atoms with E-state index < -0.39 is 5.92 Å².